The lowest BCUT2D eigenvalue weighted by Crippen LogP contribution is -2.34. The lowest BCUT2D eigenvalue weighted by atomic mass is 9.99. The van der Waals surface area contributed by atoms with Crippen molar-refractivity contribution >= 4 is 40.1 Å². The van der Waals surface area contributed by atoms with Gasteiger partial charge in [0.1, 0.15) is 42.2 Å². The number of nitrogens with two attached hydrogens (primary N) is 1. The van der Waals surface area contributed by atoms with Crippen LogP contribution in [0.1, 0.15) is 31.7 Å². The molecule has 2 fully saturated rings. The minimum atomic E-state index is -1.00. The highest BCUT2D eigenvalue weighted by atomic mass is 35.5. The number of fused-ring (bicyclic) bond motifs is 2. The van der Waals surface area contributed by atoms with Crippen molar-refractivity contribution in [2.24, 2.45) is 0 Å². The molecule has 8 nitrogen and oxygen atoms in total. The van der Waals surface area contributed by atoms with E-state index in [1.165, 1.54) is 6.33 Å². The standard InChI is InChI=1S/C20H20Cl2N4O4/c1-20(2)29-15-14(13(27)9-3-4-11(21)12(22)7-9)28-19(16(15)30-20)26-6-5-10-17(23)24-8-25-18(10)26/h3-8,13-16,19,27H,1-2H3,(H2,23,24,25)/t13?,14-,15-,16-,19-/m1/s1. The minimum Gasteiger partial charge on any atom is -0.386 e. The van der Waals surface area contributed by atoms with Crippen LogP contribution >= 0.6 is 23.2 Å². The van der Waals surface area contributed by atoms with Crippen LogP contribution in [0.25, 0.3) is 11.0 Å². The van der Waals surface area contributed by atoms with Crippen LogP contribution in [0, 0.1) is 0 Å². The van der Waals surface area contributed by atoms with Gasteiger partial charge in [-0.3, -0.25) is 0 Å². The molecule has 0 amide bonds. The molecular formula is C20H20Cl2N4O4. The number of aromatic nitrogens is 3. The number of ether oxygens (including phenoxy) is 3. The molecule has 4 heterocycles. The number of aliphatic hydroxyl groups excluding tert-OH is 1. The van der Waals surface area contributed by atoms with Gasteiger partial charge in [0.15, 0.2) is 12.0 Å². The van der Waals surface area contributed by atoms with Crippen LogP contribution in [0.4, 0.5) is 5.82 Å². The molecule has 158 valence electrons. The van der Waals surface area contributed by atoms with Crippen molar-refractivity contribution < 1.29 is 19.3 Å². The molecular weight excluding hydrogens is 431 g/mol. The predicted octanol–water partition coefficient (Wildman–Crippen LogP) is 3.47. The molecule has 2 aromatic heterocycles. The van der Waals surface area contributed by atoms with E-state index >= 15 is 0 Å². The van der Waals surface area contributed by atoms with E-state index in [0.717, 1.165) is 0 Å². The van der Waals surface area contributed by atoms with Crippen LogP contribution in [0.15, 0.2) is 36.8 Å². The molecule has 2 aliphatic heterocycles. The first kappa shape index (κ1) is 20.0. The largest absolute Gasteiger partial charge is 0.386 e. The van der Waals surface area contributed by atoms with Gasteiger partial charge in [0.05, 0.1) is 15.4 Å². The maximum absolute atomic E-state index is 11.1. The summed E-state index contributed by atoms with van der Waals surface area (Å²) in [4.78, 5) is 8.38. The van der Waals surface area contributed by atoms with Crippen molar-refractivity contribution in [3.8, 4) is 0 Å². The summed E-state index contributed by atoms with van der Waals surface area (Å²) in [6.07, 6.45) is -0.0308. The van der Waals surface area contributed by atoms with Gasteiger partial charge in [-0.1, -0.05) is 29.3 Å². The molecule has 0 radical (unpaired) electrons. The fourth-order valence-corrected chi connectivity index (χ4v) is 4.47. The first-order chi connectivity index (χ1) is 14.2. The summed E-state index contributed by atoms with van der Waals surface area (Å²) in [6.45, 7) is 3.66. The van der Waals surface area contributed by atoms with Gasteiger partial charge in [-0.05, 0) is 37.6 Å². The topological polar surface area (TPSA) is 105 Å². The number of anilines is 1. The van der Waals surface area contributed by atoms with Gasteiger partial charge in [-0.2, -0.15) is 0 Å². The normalized spacial score (nSPS) is 28.7. The van der Waals surface area contributed by atoms with Crippen molar-refractivity contribution in [2.75, 3.05) is 5.73 Å². The van der Waals surface area contributed by atoms with Crippen LogP contribution in [0.2, 0.25) is 10.0 Å². The van der Waals surface area contributed by atoms with Crippen LogP contribution in [-0.2, 0) is 14.2 Å². The highest BCUT2D eigenvalue weighted by molar-refractivity contribution is 6.42. The Hall–Kier alpha value is -1.94. The molecule has 5 atom stereocenters. The van der Waals surface area contributed by atoms with E-state index in [9.17, 15) is 5.11 Å². The zero-order chi connectivity index (χ0) is 21.2. The molecule has 30 heavy (non-hydrogen) atoms. The Morgan fingerprint density at radius 3 is 2.67 bits per heavy atom. The Morgan fingerprint density at radius 2 is 1.90 bits per heavy atom. The van der Waals surface area contributed by atoms with Gasteiger partial charge >= 0.3 is 0 Å². The molecule has 0 spiro atoms. The second kappa shape index (κ2) is 7.05. The Bertz CT molecular complexity index is 1120. The third-order valence-electron chi connectivity index (χ3n) is 5.48. The number of rotatable bonds is 3. The third-order valence-corrected chi connectivity index (χ3v) is 6.21. The van der Waals surface area contributed by atoms with E-state index in [1.807, 2.05) is 30.7 Å². The Balaban J connectivity index is 1.54. The summed E-state index contributed by atoms with van der Waals surface area (Å²) in [7, 11) is 0. The number of nitrogens with zero attached hydrogens (tertiary/aromatic N) is 3. The van der Waals surface area contributed by atoms with E-state index in [0.29, 0.717) is 32.5 Å². The van der Waals surface area contributed by atoms with Crippen molar-refractivity contribution in [1.29, 1.82) is 0 Å². The fourth-order valence-electron chi connectivity index (χ4n) is 4.17. The highest BCUT2D eigenvalue weighted by Gasteiger charge is 2.58. The number of hydrogen-bond acceptors (Lipinski definition) is 7. The summed E-state index contributed by atoms with van der Waals surface area (Å²) >= 11 is 12.2. The fraction of sp³-hybridized carbons (Fsp3) is 0.400. The highest BCUT2D eigenvalue weighted by Crippen LogP contribution is 2.47. The molecule has 0 bridgehead atoms. The Labute approximate surface area is 182 Å². The van der Waals surface area contributed by atoms with E-state index in [-0.39, 0.29) is 0 Å². The third kappa shape index (κ3) is 3.15. The molecule has 1 unspecified atom stereocenters. The molecule has 10 heteroatoms. The summed E-state index contributed by atoms with van der Waals surface area (Å²) in [5, 5.41) is 12.6. The first-order valence-electron chi connectivity index (χ1n) is 9.46. The number of nitrogen functional groups attached to an aromatic ring is 1. The number of aliphatic hydroxyl groups is 1. The maximum Gasteiger partial charge on any atom is 0.164 e. The van der Waals surface area contributed by atoms with Gasteiger partial charge in [0.25, 0.3) is 0 Å². The van der Waals surface area contributed by atoms with Crippen LogP contribution in [-0.4, -0.2) is 43.7 Å². The Kier molecular flexibility index (Phi) is 4.70. The molecule has 3 aromatic rings. The second-order valence-electron chi connectivity index (χ2n) is 7.89. The molecule has 2 saturated heterocycles. The zero-order valence-corrected chi connectivity index (χ0v) is 17.7. The van der Waals surface area contributed by atoms with E-state index in [2.05, 4.69) is 9.97 Å². The second-order valence-corrected chi connectivity index (χ2v) is 8.71. The van der Waals surface area contributed by atoms with Gasteiger partial charge in [-0.15, -0.1) is 0 Å². The van der Waals surface area contributed by atoms with Crippen molar-refractivity contribution in [3.63, 3.8) is 0 Å². The summed E-state index contributed by atoms with van der Waals surface area (Å²) in [5.74, 6) is -0.450. The molecule has 2 aliphatic rings. The van der Waals surface area contributed by atoms with Crippen molar-refractivity contribution in [2.45, 2.75) is 50.3 Å². The van der Waals surface area contributed by atoms with Crippen LogP contribution in [0.5, 0.6) is 0 Å². The zero-order valence-electron chi connectivity index (χ0n) is 16.2. The minimum absolute atomic E-state index is 0.354. The van der Waals surface area contributed by atoms with Crippen LogP contribution in [0.3, 0.4) is 0 Å². The van der Waals surface area contributed by atoms with Gasteiger partial charge in [0, 0.05) is 6.20 Å². The van der Waals surface area contributed by atoms with E-state index in [4.69, 9.17) is 43.1 Å². The molecule has 0 saturated carbocycles. The Morgan fingerprint density at radius 1 is 1.13 bits per heavy atom. The average molecular weight is 451 g/mol. The van der Waals surface area contributed by atoms with Gasteiger partial charge in [-0.25, -0.2) is 9.97 Å². The molecule has 1 aromatic carbocycles. The summed E-state index contributed by atoms with van der Waals surface area (Å²) < 4.78 is 20.4. The summed E-state index contributed by atoms with van der Waals surface area (Å²) in [6, 6.07) is 6.80. The number of benzene rings is 1. The lowest BCUT2D eigenvalue weighted by molar-refractivity contribution is -0.207. The maximum atomic E-state index is 11.1. The lowest BCUT2D eigenvalue weighted by Gasteiger charge is -2.27. The van der Waals surface area contributed by atoms with Gasteiger partial charge in [0.2, 0.25) is 0 Å². The average Bonchev–Trinajstić information content (AvgIpc) is 3.34. The molecule has 3 N–H and O–H groups in total. The SMILES string of the molecule is CC1(C)O[C@@H]2[C@H](O1)[C@@H](C(O)c1ccc(Cl)c(Cl)c1)O[C@H]2n1ccc2c(N)ncnc21. The van der Waals surface area contributed by atoms with Crippen molar-refractivity contribution in [3.05, 3.63) is 52.4 Å². The summed E-state index contributed by atoms with van der Waals surface area (Å²) in [5.41, 5.74) is 7.16. The van der Waals surface area contributed by atoms with Crippen LogP contribution < -0.4 is 5.73 Å². The molecule has 0 aliphatic carbocycles. The smallest absolute Gasteiger partial charge is 0.164 e. The van der Waals surface area contributed by atoms with Crippen molar-refractivity contribution in [1.82, 2.24) is 14.5 Å². The molecule has 5 rings (SSSR count). The number of hydrogen-bond donors (Lipinski definition) is 2. The number of halogens is 2. The first-order valence-corrected chi connectivity index (χ1v) is 10.2. The predicted molar refractivity (Wildman–Crippen MR) is 111 cm³/mol. The van der Waals surface area contributed by atoms with E-state index < -0.39 is 36.4 Å². The monoisotopic (exact) mass is 450 g/mol. The quantitative estimate of drug-likeness (QED) is 0.628. The van der Waals surface area contributed by atoms with E-state index in [1.54, 1.807) is 18.2 Å². The van der Waals surface area contributed by atoms with Gasteiger partial charge < -0.3 is 29.6 Å².